The van der Waals surface area contributed by atoms with Crippen molar-refractivity contribution in [2.75, 3.05) is 18.5 Å². The highest BCUT2D eigenvalue weighted by molar-refractivity contribution is 5.97. The first-order valence-electron chi connectivity index (χ1n) is 12.6. The van der Waals surface area contributed by atoms with E-state index in [2.05, 4.69) is 24.1 Å². The number of aliphatic hydroxyl groups is 1. The molecule has 0 saturated carbocycles. The quantitative estimate of drug-likeness (QED) is 0.544. The number of amides is 1. The number of anilines is 2. The predicted octanol–water partition coefficient (Wildman–Crippen LogP) is 4.83. The average molecular weight is 481 g/mol. The maximum Gasteiger partial charge on any atom is 0.424 e. The van der Waals surface area contributed by atoms with Gasteiger partial charge in [0.1, 0.15) is 12.2 Å². The first kappa shape index (κ1) is 21.7. The van der Waals surface area contributed by atoms with Gasteiger partial charge in [-0.15, -0.1) is 0 Å². The Balaban J connectivity index is 1.31. The summed E-state index contributed by atoms with van der Waals surface area (Å²) in [6.45, 7) is 0.945. The van der Waals surface area contributed by atoms with E-state index in [1.807, 2.05) is 72.8 Å². The summed E-state index contributed by atoms with van der Waals surface area (Å²) in [4.78, 5) is 17.7. The van der Waals surface area contributed by atoms with Gasteiger partial charge in [0, 0.05) is 22.9 Å². The molecule has 2 bridgehead atoms. The minimum Gasteiger partial charge on any atom is -0.482 e. The lowest BCUT2D eigenvalue weighted by molar-refractivity contribution is -0.0452. The second-order valence-corrected chi connectivity index (χ2v) is 10.3. The summed E-state index contributed by atoms with van der Waals surface area (Å²) in [5, 5.41) is 11.0. The Kier molecular flexibility index (Phi) is 4.78. The van der Waals surface area contributed by atoms with Crippen LogP contribution in [0.4, 0.5) is 16.2 Å². The summed E-state index contributed by atoms with van der Waals surface area (Å²) in [7, 11) is 2.19. The van der Waals surface area contributed by atoms with E-state index in [1.54, 1.807) is 4.90 Å². The van der Waals surface area contributed by atoms with Crippen molar-refractivity contribution >= 4 is 17.5 Å². The van der Waals surface area contributed by atoms with Gasteiger partial charge in [-0.3, -0.25) is 0 Å². The Morgan fingerprint density at radius 3 is 2.42 bits per heavy atom. The molecule has 1 fully saturated rings. The number of hydrogen-bond donors (Lipinski definition) is 1. The highest BCUT2D eigenvalue weighted by Crippen LogP contribution is 2.62. The van der Waals surface area contributed by atoms with Crippen LogP contribution in [0, 0.1) is 5.92 Å². The summed E-state index contributed by atoms with van der Waals surface area (Å²) >= 11 is 0. The van der Waals surface area contributed by atoms with Crippen molar-refractivity contribution in [2.45, 2.75) is 36.5 Å². The van der Waals surface area contributed by atoms with Gasteiger partial charge in [0.05, 0.1) is 11.4 Å². The lowest BCUT2D eigenvalue weighted by Gasteiger charge is -2.56. The molecule has 1 amide bonds. The van der Waals surface area contributed by atoms with Crippen molar-refractivity contribution < 1.29 is 19.4 Å². The zero-order chi connectivity index (χ0) is 24.4. The number of carbonyl (C=O) groups is 1. The molecule has 3 aromatic carbocycles. The van der Waals surface area contributed by atoms with Crippen LogP contribution in [-0.4, -0.2) is 47.9 Å². The molecule has 3 aromatic rings. The zero-order valence-corrected chi connectivity index (χ0v) is 20.1. The molecule has 6 nitrogen and oxygen atoms in total. The third-order valence-corrected chi connectivity index (χ3v) is 8.54. The van der Waals surface area contributed by atoms with Crippen molar-refractivity contribution in [2.24, 2.45) is 5.92 Å². The molecule has 6 heteroatoms. The van der Waals surface area contributed by atoms with Gasteiger partial charge in [0.25, 0.3) is 0 Å². The molecule has 1 spiro atoms. The number of hydrogen-bond acceptors (Lipinski definition) is 5. The van der Waals surface area contributed by atoms with Gasteiger partial charge < -0.3 is 19.5 Å². The molecular formula is C30H28N2O4. The van der Waals surface area contributed by atoms with E-state index in [1.165, 1.54) is 5.56 Å². The van der Waals surface area contributed by atoms with Gasteiger partial charge in [-0.05, 0) is 62.3 Å². The number of ether oxygens (including phenoxy) is 2. The normalized spacial score (nSPS) is 29.3. The highest BCUT2D eigenvalue weighted by atomic mass is 16.6. The second-order valence-electron chi connectivity index (χ2n) is 10.3. The van der Waals surface area contributed by atoms with E-state index in [9.17, 15) is 9.90 Å². The molecule has 1 saturated heterocycles. The SMILES string of the molecule is CN1CC[C@]23c4c5ccc(OC(=O)N(c6ccccc6)c6ccccc6)c4O[C@H]2[C@@H](O)C=C[C@H]3[C@H]1C5. The smallest absolute Gasteiger partial charge is 0.424 e. The molecule has 36 heavy (non-hydrogen) atoms. The Labute approximate surface area is 210 Å². The van der Waals surface area contributed by atoms with Crippen molar-refractivity contribution in [1.29, 1.82) is 0 Å². The van der Waals surface area contributed by atoms with Crippen LogP contribution in [0.5, 0.6) is 11.5 Å². The summed E-state index contributed by atoms with van der Waals surface area (Å²) < 4.78 is 12.6. The molecule has 4 aliphatic rings. The minimum absolute atomic E-state index is 0.259. The van der Waals surface area contributed by atoms with Crippen LogP contribution in [-0.2, 0) is 11.8 Å². The number of likely N-dealkylation sites (N-methyl/N-ethyl adjacent to an activating group) is 1. The number of aliphatic hydroxyl groups excluding tert-OH is 1. The number of para-hydroxylation sites is 2. The number of piperidine rings is 1. The Hall–Kier alpha value is -3.61. The molecule has 182 valence electrons. The molecule has 0 unspecified atom stereocenters. The Morgan fingerprint density at radius 1 is 1.03 bits per heavy atom. The van der Waals surface area contributed by atoms with Crippen LogP contribution in [0.1, 0.15) is 17.5 Å². The molecule has 0 radical (unpaired) electrons. The molecule has 1 N–H and O–H groups in total. The summed E-state index contributed by atoms with van der Waals surface area (Å²) in [5.41, 5.74) is 3.49. The fourth-order valence-corrected chi connectivity index (χ4v) is 6.96. The second kappa shape index (κ2) is 7.95. The number of likely N-dealkylation sites (tertiary alicyclic amines) is 1. The Morgan fingerprint density at radius 2 is 1.72 bits per heavy atom. The molecule has 7 rings (SSSR count). The van der Waals surface area contributed by atoms with E-state index < -0.39 is 12.2 Å². The standard InChI is InChI=1S/C30H28N2O4/c1-31-17-16-30-22-13-14-24(33)28(30)36-27-25(15-12-19(26(27)30)18-23(22)31)35-29(34)32(20-8-4-2-5-9-20)21-10-6-3-7-11-21/h2-15,22-24,28,33H,16-18H2,1H3/t22-,23+,24-,28-,30-/m0/s1. The van der Waals surface area contributed by atoms with Crippen LogP contribution in [0.25, 0.3) is 0 Å². The third-order valence-electron chi connectivity index (χ3n) is 8.54. The first-order valence-corrected chi connectivity index (χ1v) is 12.6. The number of nitrogens with zero attached hydrogens (tertiary/aromatic N) is 2. The van der Waals surface area contributed by atoms with E-state index in [0.29, 0.717) is 28.9 Å². The Bertz CT molecular complexity index is 1320. The topological polar surface area (TPSA) is 62.2 Å². The van der Waals surface area contributed by atoms with Gasteiger partial charge in [-0.1, -0.05) is 54.6 Å². The van der Waals surface area contributed by atoms with Crippen LogP contribution >= 0.6 is 0 Å². The van der Waals surface area contributed by atoms with Crippen molar-refractivity contribution in [3.05, 3.63) is 96.1 Å². The fraction of sp³-hybridized carbons (Fsp3) is 0.300. The average Bonchev–Trinajstić information content (AvgIpc) is 3.26. The van der Waals surface area contributed by atoms with Crippen LogP contribution in [0.15, 0.2) is 84.9 Å². The number of rotatable bonds is 3. The lowest BCUT2D eigenvalue weighted by Crippen LogP contribution is -2.64. The molecule has 2 heterocycles. The van der Waals surface area contributed by atoms with Crippen molar-refractivity contribution in [1.82, 2.24) is 4.90 Å². The lowest BCUT2D eigenvalue weighted by atomic mass is 9.53. The summed E-state index contributed by atoms with van der Waals surface area (Å²) in [5.74, 6) is 1.28. The number of benzene rings is 3. The van der Waals surface area contributed by atoms with Gasteiger partial charge in [0.2, 0.25) is 0 Å². The van der Waals surface area contributed by atoms with E-state index in [0.717, 1.165) is 24.9 Å². The fourth-order valence-electron chi connectivity index (χ4n) is 6.96. The van der Waals surface area contributed by atoms with Gasteiger partial charge in [-0.25, -0.2) is 9.69 Å². The minimum atomic E-state index is -0.697. The van der Waals surface area contributed by atoms with E-state index in [-0.39, 0.29) is 17.4 Å². The summed E-state index contributed by atoms with van der Waals surface area (Å²) in [6.07, 6.45) is 4.30. The van der Waals surface area contributed by atoms with Gasteiger partial charge >= 0.3 is 6.09 Å². The monoisotopic (exact) mass is 480 g/mol. The highest BCUT2D eigenvalue weighted by Gasteiger charge is 2.64. The van der Waals surface area contributed by atoms with Gasteiger partial charge in [-0.2, -0.15) is 0 Å². The largest absolute Gasteiger partial charge is 0.482 e. The van der Waals surface area contributed by atoms with Gasteiger partial charge in [0.15, 0.2) is 11.5 Å². The molecule has 2 aliphatic heterocycles. The predicted molar refractivity (Wildman–Crippen MR) is 137 cm³/mol. The van der Waals surface area contributed by atoms with Crippen LogP contribution in [0.3, 0.4) is 0 Å². The van der Waals surface area contributed by atoms with Crippen LogP contribution in [0.2, 0.25) is 0 Å². The van der Waals surface area contributed by atoms with Crippen molar-refractivity contribution in [3.8, 4) is 11.5 Å². The van der Waals surface area contributed by atoms with Crippen molar-refractivity contribution in [3.63, 3.8) is 0 Å². The van der Waals surface area contributed by atoms with E-state index >= 15 is 0 Å². The van der Waals surface area contributed by atoms with E-state index in [4.69, 9.17) is 9.47 Å². The maximum atomic E-state index is 13.7. The molecular weight excluding hydrogens is 452 g/mol. The number of carbonyl (C=O) groups excluding carboxylic acids is 1. The summed E-state index contributed by atoms with van der Waals surface area (Å²) in [6, 6.07) is 23.3. The zero-order valence-electron chi connectivity index (χ0n) is 20.1. The van der Waals surface area contributed by atoms with Crippen LogP contribution < -0.4 is 14.4 Å². The third kappa shape index (κ3) is 2.95. The molecule has 2 aliphatic carbocycles. The molecule has 0 aromatic heterocycles. The molecule has 5 atom stereocenters. The maximum absolute atomic E-state index is 13.7. The first-order chi connectivity index (χ1) is 17.6.